The fraction of sp³-hybridized carbons (Fsp3) is 0.500. The van der Waals surface area contributed by atoms with Crippen molar-refractivity contribution in [2.45, 2.75) is 31.8 Å². The molecule has 1 aliphatic carbocycles. The second-order valence-electron chi connectivity index (χ2n) is 5.35. The average molecular weight is 293 g/mol. The summed E-state index contributed by atoms with van der Waals surface area (Å²) >= 11 is 0. The molecule has 0 radical (unpaired) electrons. The highest BCUT2D eigenvalue weighted by Gasteiger charge is 2.24. The number of nitrogen functional groups attached to an aromatic ring is 1. The zero-order valence-electron chi connectivity index (χ0n) is 11.6. The summed E-state index contributed by atoms with van der Waals surface area (Å²) in [5.41, 5.74) is 5.44. The van der Waals surface area contributed by atoms with Gasteiger partial charge in [0.1, 0.15) is 5.69 Å². The average Bonchev–Trinajstić information content (AvgIpc) is 2.46. The van der Waals surface area contributed by atoms with Crippen LogP contribution in [0.2, 0.25) is 0 Å². The van der Waals surface area contributed by atoms with Crippen LogP contribution in [0.25, 0.3) is 0 Å². The molecule has 7 nitrogen and oxygen atoms in total. The van der Waals surface area contributed by atoms with E-state index in [0.29, 0.717) is 6.54 Å². The van der Waals surface area contributed by atoms with E-state index in [0.717, 1.165) is 25.7 Å². The van der Waals surface area contributed by atoms with Crippen LogP contribution < -0.4 is 11.1 Å². The van der Waals surface area contributed by atoms with Gasteiger partial charge in [0, 0.05) is 24.1 Å². The van der Waals surface area contributed by atoms with Crippen LogP contribution in [0.1, 0.15) is 36.0 Å². The highest BCUT2D eigenvalue weighted by molar-refractivity contribution is 5.95. The Morgan fingerprint density at radius 2 is 2.14 bits per heavy atom. The Morgan fingerprint density at radius 1 is 1.43 bits per heavy atom. The molecule has 2 unspecified atom stereocenters. The number of rotatable bonds is 4. The Balaban J connectivity index is 2.00. The van der Waals surface area contributed by atoms with Gasteiger partial charge in [-0.1, -0.05) is 12.8 Å². The Labute approximate surface area is 122 Å². The molecule has 1 aromatic rings. The van der Waals surface area contributed by atoms with Crippen molar-refractivity contribution in [3.8, 4) is 0 Å². The van der Waals surface area contributed by atoms with Gasteiger partial charge in [-0.3, -0.25) is 14.9 Å². The van der Waals surface area contributed by atoms with Crippen LogP contribution in [-0.4, -0.2) is 28.6 Å². The van der Waals surface area contributed by atoms with Crippen molar-refractivity contribution in [3.63, 3.8) is 0 Å². The van der Waals surface area contributed by atoms with E-state index >= 15 is 0 Å². The van der Waals surface area contributed by atoms with Crippen LogP contribution in [0.5, 0.6) is 0 Å². The Hall–Kier alpha value is -2.15. The van der Waals surface area contributed by atoms with Gasteiger partial charge in [-0.2, -0.15) is 0 Å². The molecule has 1 fully saturated rings. The maximum Gasteiger partial charge on any atom is 0.292 e. The minimum Gasteiger partial charge on any atom is -0.393 e. The minimum absolute atomic E-state index is 0.0271. The number of anilines is 1. The standard InChI is InChI=1S/C14H19N3O4/c15-11-6-5-9(7-12(11)17(20)21)14(19)16-8-10-3-1-2-4-13(10)18/h5-7,10,13,18H,1-4,8,15H2,(H,16,19). The summed E-state index contributed by atoms with van der Waals surface area (Å²) in [5.74, 6) is -0.345. The highest BCUT2D eigenvalue weighted by Crippen LogP contribution is 2.24. The number of aliphatic hydroxyl groups is 1. The molecule has 7 heteroatoms. The molecule has 1 aromatic carbocycles. The zero-order chi connectivity index (χ0) is 15.4. The van der Waals surface area contributed by atoms with E-state index in [1.165, 1.54) is 18.2 Å². The maximum atomic E-state index is 12.0. The molecule has 0 aromatic heterocycles. The smallest absolute Gasteiger partial charge is 0.292 e. The lowest BCUT2D eigenvalue weighted by molar-refractivity contribution is -0.383. The molecule has 21 heavy (non-hydrogen) atoms. The Bertz CT molecular complexity index is 547. The number of aliphatic hydroxyl groups excluding tert-OH is 1. The molecular weight excluding hydrogens is 274 g/mol. The summed E-state index contributed by atoms with van der Waals surface area (Å²) in [5, 5.41) is 23.4. The predicted octanol–water partition coefficient (Wildman–Crippen LogP) is 1.46. The third-order valence-corrected chi connectivity index (χ3v) is 3.88. The van der Waals surface area contributed by atoms with Gasteiger partial charge in [0.2, 0.25) is 0 Å². The molecule has 0 saturated heterocycles. The Morgan fingerprint density at radius 3 is 2.81 bits per heavy atom. The van der Waals surface area contributed by atoms with Gasteiger partial charge in [0.05, 0.1) is 11.0 Å². The van der Waals surface area contributed by atoms with Gasteiger partial charge in [0.15, 0.2) is 0 Å². The van der Waals surface area contributed by atoms with Gasteiger partial charge in [-0.15, -0.1) is 0 Å². The van der Waals surface area contributed by atoms with Crippen LogP contribution >= 0.6 is 0 Å². The van der Waals surface area contributed by atoms with E-state index in [2.05, 4.69) is 5.32 Å². The first-order valence-corrected chi connectivity index (χ1v) is 6.99. The largest absolute Gasteiger partial charge is 0.393 e. The van der Waals surface area contributed by atoms with Crippen molar-refractivity contribution in [1.29, 1.82) is 0 Å². The quantitative estimate of drug-likeness (QED) is 0.441. The van der Waals surface area contributed by atoms with Gasteiger partial charge in [-0.05, 0) is 25.0 Å². The van der Waals surface area contributed by atoms with Crippen molar-refractivity contribution in [3.05, 3.63) is 33.9 Å². The normalized spacial score (nSPS) is 21.8. The molecule has 2 rings (SSSR count). The number of benzene rings is 1. The molecule has 0 spiro atoms. The van der Waals surface area contributed by atoms with Crippen LogP contribution in [0.15, 0.2) is 18.2 Å². The van der Waals surface area contributed by atoms with Crippen molar-refractivity contribution < 1.29 is 14.8 Å². The second-order valence-corrected chi connectivity index (χ2v) is 5.35. The molecule has 114 valence electrons. The number of nitrogens with two attached hydrogens (primary N) is 1. The lowest BCUT2D eigenvalue weighted by Gasteiger charge is -2.27. The molecule has 2 atom stereocenters. The summed E-state index contributed by atoms with van der Waals surface area (Å²) in [6, 6.07) is 3.97. The molecule has 1 aliphatic rings. The lowest BCUT2D eigenvalue weighted by Crippen LogP contribution is -2.36. The topological polar surface area (TPSA) is 118 Å². The molecule has 0 bridgehead atoms. The summed E-state index contributed by atoms with van der Waals surface area (Å²) in [4.78, 5) is 22.2. The zero-order valence-corrected chi connectivity index (χ0v) is 11.6. The summed E-state index contributed by atoms with van der Waals surface area (Å²) in [7, 11) is 0. The van der Waals surface area contributed by atoms with E-state index < -0.39 is 10.8 Å². The Kier molecular flexibility index (Phi) is 4.74. The van der Waals surface area contributed by atoms with Crippen LogP contribution in [0.4, 0.5) is 11.4 Å². The number of nitro groups is 1. The number of nitro benzene ring substituents is 1. The summed E-state index contributed by atoms with van der Waals surface area (Å²) in [6.45, 7) is 0.373. The first-order valence-electron chi connectivity index (χ1n) is 6.99. The van der Waals surface area contributed by atoms with Crippen LogP contribution in [0.3, 0.4) is 0 Å². The number of carbonyl (C=O) groups excluding carboxylic acids is 1. The molecule has 1 amide bonds. The van der Waals surface area contributed by atoms with Crippen molar-refractivity contribution in [2.75, 3.05) is 12.3 Å². The third kappa shape index (κ3) is 3.69. The van der Waals surface area contributed by atoms with E-state index in [1.807, 2.05) is 0 Å². The monoisotopic (exact) mass is 293 g/mol. The molecule has 4 N–H and O–H groups in total. The van der Waals surface area contributed by atoms with Crippen LogP contribution in [0, 0.1) is 16.0 Å². The van der Waals surface area contributed by atoms with Gasteiger partial charge in [0.25, 0.3) is 11.6 Å². The van der Waals surface area contributed by atoms with Gasteiger partial charge >= 0.3 is 0 Å². The van der Waals surface area contributed by atoms with Crippen LogP contribution in [-0.2, 0) is 0 Å². The third-order valence-electron chi connectivity index (χ3n) is 3.88. The maximum absolute atomic E-state index is 12.0. The lowest BCUT2D eigenvalue weighted by atomic mass is 9.86. The minimum atomic E-state index is -0.614. The number of hydrogen-bond acceptors (Lipinski definition) is 5. The fourth-order valence-corrected chi connectivity index (χ4v) is 2.60. The van der Waals surface area contributed by atoms with E-state index in [-0.39, 0.29) is 29.0 Å². The number of amides is 1. The van der Waals surface area contributed by atoms with E-state index in [4.69, 9.17) is 5.73 Å². The summed E-state index contributed by atoms with van der Waals surface area (Å²) in [6.07, 6.45) is 3.30. The fourth-order valence-electron chi connectivity index (χ4n) is 2.60. The van der Waals surface area contributed by atoms with E-state index in [1.54, 1.807) is 0 Å². The van der Waals surface area contributed by atoms with E-state index in [9.17, 15) is 20.0 Å². The van der Waals surface area contributed by atoms with Crippen molar-refractivity contribution in [1.82, 2.24) is 5.32 Å². The number of hydrogen-bond donors (Lipinski definition) is 3. The SMILES string of the molecule is Nc1ccc(C(=O)NCC2CCCCC2O)cc1[N+](=O)[O-]. The predicted molar refractivity (Wildman–Crippen MR) is 77.8 cm³/mol. The molecular formula is C14H19N3O4. The highest BCUT2D eigenvalue weighted by atomic mass is 16.6. The van der Waals surface area contributed by atoms with Crippen molar-refractivity contribution >= 4 is 17.3 Å². The first kappa shape index (κ1) is 15.2. The number of nitrogens with one attached hydrogen (secondary N) is 1. The number of carbonyl (C=O) groups is 1. The summed E-state index contributed by atoms with van der Waals surface area (Å²) < 4.78 is 0. The second kappa shape index (κ2) is 6.53. The molecule has 0 aliphatic heterocycles. The number of nitrogens with zero attached hydrogens (tertiary/aromatic N) is 1. The van der Waals surface area contributed by atoms with Crippen molar-refractivity contribution in [2.24, 2.45) is 5.92 Å². The molecule has 0 heterocycles. The first-order chi connectivity index (χ1) is 9.99. The van der Waals surface area contributed by atoms with Gasteiger partial charge < -0.3 is 16.2 Å². The molecule has 1 saturated carbocycles. The van der Waals surface area contributed by atoms with Gasteiger partial charge in [-0.25, -0.2) is 0 Å².